The topological polar surface area (TPSA) is 40.2 Å². The van der Waals surface area contributed by atoms with Crippen LogP contribution in [0.2, 0.25) is 0 Å². The van der Waals surface area contributed by atoms with Crippen LogP contribution in [0.25, 0.3) is 0 Å². The van der Waals surface area contributed by atoms with E-state index >= 15 is 0 Å². The van der Waals surface area contributed by atoms with Crippen molar-refractivity contribution < 1.29 is 4.42 Å². The molecule has 0 spiro atoms. The van der Waals surface area contributed by atoms with Crippen molar-refractivity contribution in [3.8, 4) is 6.07 Å². The molecule has 0 aromatic carbocycles. The Bertz CT molecular complexity index is 298. The van der Waals surface area contributed by atoms with Gasteiger partial charge in [0.1, 0.15) is 11.5 Å². The Morgan fingerprint density at radius 2 is 2.31 bits per heavy atom. The normalized spacial score (nSPS) is 10.3. The lowest BCUT2D eigenvalue weighted by Crippen LogP contribution is -2.18. The Balaban J connectivity index is 2.37. The molecule has 0 aliphatic heterocycles. The summed E-state index contributed by atoms with van der Waals surface area (Å²) in [5, 5.41) is 8.39. The van der Waals surface area contributed by atoms with Crippen LogP contribution in [0.3, 0.4) is 0 Å². The zero-order valence-corrected chi connectivity index (χ0v) is 8.08. The predicted octanol–water partition coefficient (Wildman–Crippen LogP) is 1.93. The molecule has 0 radical (unpaired) electrons. The lowest BCUT2D eigenvalue weighted by atomic mass is 10.4. The molecule has 1 heterocycles. The maximum Gasteiger partial charge on any atom is 0.118 e. The van der Waals surface area contributed by atoms with Gasteiger partial charge in [0, 0.05) is 13.0 Å². The van der Waals surface area contributed by atoms with Crippen molar-refractivity contribution in [2.45, 2.75) is 19.9 Å². The fraction of sp³-hybridized carbons (Fsp3) is 0.500. The van der Waals surface area contributed by atoms with Gasteiger partial charge in [0.25, 0.3) is 0 Å². The van der Waals surface area contributed by atoms with Crippen molar-refractivity contribution in [3.63, 3.8) is 0 Å². The Morgan fingerprint density at radius 1 is 1.54 bits per heavy atom. The number of furan rings is 1. The largest absolute Gasteiger partial charge is 0.465 e. The summed E-state index contributed by atoms with van der Waals surface area (Å²) in [6.45, 7) is 3.49. The van der Waals surface area contributed by atoms with Crippen molar-refractivity contribution in [1.29, 1.82) is 5.26 Å². The van der Waals surface area contributed by atoms with E-state index in [0.717, 1.165) is 24.6 Å². The highest BCUT2D eigenvalue weighted by Gasteiger charge is 2.02. The molecule has 1 aromatic heterocycles. The van der Waals surface area contributed by atoms with Crippen LogP contribution < -0.4 is 0 Å². The Morgan fingerprint density at radius 3 is 2.85 bits per heavy atom. The molecule has 13 heavy (non-hydrogen) atoms. The van der Waals surface area contributed by atoms with Crippen LogP contribution in [0.1, 0.15) is 17.9 Å². The Kier molecular flexibility index (Phi) is 3.53. The molecular weight excluding hydrogens is 164 g/mol. The molecule has 0 bridgehead atoms. The van der Waals surface area contributed by atoms with Gasteiger partial charge >= 0.3 is 0 Å². The number of rotatable bonds is 4. The quantitative estimate of drug-likeness (QED) is 0.707. The van der Waals surface area contributed by atoms with Gasteiger partial charge in [-0.25, -0.2) is 0 Å². The summed E-state index contributed by atoms with van der Waals surface area (Å²) in [6.07, 6.45) is 0.566. The minimum atomic E-state index is 0.566. The molecular formula is C10H14N2O. The average Bonchev–Trinajstić information content (AvgIpc) is 2.48. The van der Waals surface area contributed by atoms with Gasteiger partial charge in [-0.1, -0.05) is 0 Å². The number of aryl methyl sites for hydroxylation is 1. The van der Waals surface area contributed by atoms with Gasteiger partial charge in [0.2, 0.25) is 0 Å². The monoisotopic (exact) mass is 178 g/mol. The van der Waals surface area contributed by atoms with Gasteiger partial charge in [-0.3, -0.25) is 4.90 Å². The van der Waals surface area contributed by atoms with Crippen molar-refractivity contribution in [2.75, 3.05) is 13.6 Å². The third kappa shape index (κ3) is 3.30. The second-order valence-electron chi connectivity index (χ2n) is 3.16. The average molecular weight is 178 g/mol. The summed E-state index contributed by atoms with van der Waals surface area (Å²) in [7, 11) is 1.98. The Hall–Kier alpha value is -1.27. The first-order chi connectivity index (χ1) is 6.22. The van der Waals surface area contributed by atoms with Crippen LogP contribution in [0.5, 0.6) is 0 Å². The summed E-state index contributed by atoms with van der Waals surface area (Å²) >= 11 is 0. The summed E-state index contributed by atoms with van der Waals surface area (Å²) in [5.41, 5.74) is 0. The minimum Gasteiger partial charge on any atom is -0.465 e. The Labute approximate surface area is 78.6 Å². The van der Waals surface area contributed by atoms with Crippen molar-refractivity contribution in [2.24, 2.45) is 0 Å². The van der Waals surface area contributed by atoms with Crippen LogP contribution in [-0.2, 0) is 6.54 Å². The number of hydrogen-bond acceptors (Lipinski definition) is 3. The zero-order chi connectivity index (χ0) is 9.68. The highest BCUT2D eigenvalue weighted by Crippen LogP contribution is 2.08. The smallest absolute Gasteiger partial charge is 0.118 e. The first-order valence-electron chi connectivity index (χ1n) is 4.33. The maximum absolute atomic E-state index is 8.39. The molecule has 0 fully saturated rings. The lowest BCUT2D eigenvalue weighted by molar-refractivity contribution is 0.298. The van der Waals surface area contributed by atoms with Gasteiger partial charge in [0.15, 0.2) is 0 Å². The fourth-order valence-electron chi connectivity index (χ4n) is 1.16. The van der Waals surface area contributed by atoms with Crippen LogP contribution in [-0.4, -0.2) is 18.5 Å². The summed E-state index contributed by atoms with van der Waals surface area (Å²) < 4.78 is 5.41. The summed E-state index contributed by atoms with van der Waals surface area (Å²) in [5.74, 6) is 1.89. The first kappa shape index (κ1) is 9.82. The van der Waals surface area contributed by atoms with Crippen LogP contribution in [0, 0.1) is 18.3 Å². The van der Waals surface area contributed by atoms with Crippen LogP contribution in [0.15, 0.2) is 16.5 Å². The van der Waals surface area contributed by atoms with E-state index in [4.69, 9.17) is 9.68 Å². The van der Waals surface area contributed by atoms with E-state index in [1.807, 2.05) is 26.1 Å². The molecule has 3 heteroatoms. The van der Waals surface area contributed by atoms with Gasteiger partial charge in [0.05, 0.1) is 12.6 Å². The molecule has 0 unspecified atom stereocenters. The van der Waals surface area contributed by atoms with Gasteiger partial charge in [-0.15, -0.1) is 0 Å². The highest BCUT2D eigenvalue weighted by atomic mass is 16.3. The van der Waals surface area contributed by atoms with E-state index < -0.39 is 0 Å². The standard InChI is InChI=1S/C10H14N2O/c1-9-4-5-10(13-9)8-12(2)7-3-6-11/h4-5H,3,7-8H2,1-2H3. The molecule has 1 rings (SSSR count). The molecule has 0 saturated carbocycles. The molecule has 0 N–H and O–H groups in total. The summed E-state index contributed by atoms with van der Waals surface area (Å²) in [6, 6.07) is 6.04. The SMILES string of the molecule is Cc1ccc(CN(C)CCC#N)o1. The predicted molar refractivity (Wildman–Crippen MR) is 50.0 cm³/mol. The number of hydrogen-bond donors (Lipinski definition) is 0. The zero-order valence-electron chi connectivity index (χ0n) is 8.08. The highest BCUT2D eigenvalue weighted by molar-refractivity contribution is 5.05. The van der Waals surface area contributed by atoms with E-state index in [1.165, 1.54) is 0 Å². The lowest BCUT2D eigenvalue weighted by Gasteiger charge is -2.12. The van der Waals surface area contributed by atoms with Crippen LogP contribution in [0.4, 0.5) is 0 Å². The second-order valence-corrected chi connectivity index (χ2v) is 3.16. The van der Waals surface area contributed by atoms with Crippen molar-refractivity contribution >= 4 is 0 Å². The summed E-state index contributed by atoms with van der Waals surface area (Å²) in [4.78, 5) is 2.07. The van der Waals surface area contributed by atoms with Crippen LogP contribution >= 0.6 is 0 Å². The molecule has 1 aromatic rings. The molecule has 0 atom stereocenters. The number of nitrogens with zero attached hydrogens (tertiary/aromatic N) is 2. The second kappa shape index (κ2) is 4.68. The van der Waals surface area contributed by atoms with E-state index in [2.05, 4.69) is 11.0 Å². The first-order valence-corrected chi connectivity index (χ1v) is 4.33. The van der Waals surface area contributed by atoms with E-state index in [-0.39, 0.29) is 0 Å². The van der Waals surface area contributed by atoms with E-state index in [9.17, 15) is 0 Å². The molecule has 0 aliphatic rings. The van der Waals surface area contributed by atoms with Gasteiger partial charge in [-0.2, -0.15) is 5.26 Å². The van der Waals surface area contributed by atoms with Gasteiger partial charge in [-0.05, 0) is 26.1 Å². The molecule has 0 amide bonds. The number of nitriles is 1. The van der Waals surface area contributed by atoms with E-state index in [0.29, 0.717) is 6.42 Å². The minimum absolute atomic E-state index is 0.566. The van der Waals surface area contributed by atoms with Crippen molar-refractivity contribution in [3.05, 3.63) is 23.7 Å². The van der Waals surface area contributed by atoms with Gasteiger partial charge < -0.3 is 4.42 Å². The molecule has 3 nitrogen and oxygen atoms in total. The molecule has 0 aliphatic carbocycles. The molecule has 70 valence electrons. The molecule has 0 saturated heterocycles. The van der Waals surface area contributed by atoms with Crippen molar-refractivity contribution in [1.82, 2.24) is 4.90 Å². The third-order valence-electron chi connectivity index (χ3n) is 1.83. The fourth-order valence-corrected chi connectivity index (χ4v) is 1.16. The maximum atomic E-state index is 8.39. The third-order valence-corrected chi connectivity index (χ3v) is 1.83. The van der Waals surface area contributed by atoms with E-state index in [1.54, 1.807) is 0 Å².